The molecule has 0 aromatic carbocycles. The van der Waals surface area contributed by atoms with Gasteiger partial charge in [0.1, 0.15) is 23.7 Å². The topological polar surface area (TPSA) is 124 Å². The number of rotatable bonds is 5. The van der Waals surface area contributed by atoms with Gasteiger partial charge in [-0.2, -0.15) is 4.31 Å². The Balaban J connectivity index is 1.33. The van der Waals surface area contributed by atoms with E-state index in [9.17, 15) is 13.2 Å². The molecule has 150 valence electrons. The van der Waals surface area contributed by atoms with Gasteiger partial charge in [-0.15, -0.1) is 16.4 Å². The molecular formula is C16H18N4O6S2. The van der Waals surface area contributed by atoms with E-state index >= 15 is 0 Å². The first-order chi connectivity index (χ1) is 13.5. The van der Waals surface area contributed by atoms with Gasteiger partial charge < -0.3 is 13.9 Å². The van der Waals surface area contributed by atoms with Gasteiger partial charge in [0, 0.05) is 19.0 Å². The minimum atomic E-state index is -3.49. The molecule has 1 fully saturated rings. The number of sulfonamides is 1. The van der Waals surface area contributed by atoms with E-state index in [1.165, 1.54) is 21.9 Å². The van der Waals surface area contributed by atoms with Crippen molar-refractivity contribution >= 4 is 39.0 Å². The number of amides is 1. The number of aromatic nitrogens is 2. The van der Waals surface area contributed by atoms with E-state index in [-0.39, 0.29) is 36.8 Å². The van der Waals surface area contributed by atoms with Crippen molar-refractivity contribution in [1.82, 2.24) is 14.5 Å². The summed E-state index contributed by atoms with van der Waals surface area (Å²) in [5.41, 5.74) is 0. The largest absolute Gasteiger partial charge is 0.494 e. The lowest BCUT2D eigenvalue weighted by molar-refractivity contribution is -0.121. The quantitative estimate of drug-likeness (QED) is 0.763. The number of nitrogens with one attached hydrogen (secondary N) is 1. The molecule has 0 aliphatic carbocycles. The lowest BCUT2D eigenvalue weighted by Gasteiger charge is -2.29. The number of carbonyl (C=O) groups excluding carboxylic acids is 1. The van der Waals surface area contributed by atoms with Gasteiger partial charge in [-0.25, -0.2) is 8.42 Å². The molecule has 2 aliphatic rings. The summed E-state index contributed by atoms with van der Waals surface area (Å²) < 4.78 is 42.7. The van der Waals surface area contributed by atoms with Crippen LogP contribution >= 0.6 is 11.3 Å². The second kappa shape index (κ2) is 7.89. The first-order valence-electron chi connectivity index (χ1n) is 8.67. The summed E-state index contributed by atoms with van der Waals surface area (Å²) in [5.74, 6) is -0.185. The van der Waals surface area contributed by atoms with Gasteiger partial charge in [0.25, 0.3) is 15.9 Å². The Kier molecular flexibility index (Phi) is 5.33. The van der Waals surface area contributed by atoms with Crippen LogP contribution in [0, 0.1) is 5.92 Å². The average Bonchev–Trinajstić information content (AvgIpc) is 3.41. The first kappa shape index (κ1) is 18.9. The van der Waals surface area contributed by atoms with Crippen LogP contribution in [0.15, 0.2) is 32.4 Å². The Labute approximate surface area is 165 Å². The van der Waals surface area contributed by atoms with Crippen LogP contribution in [0.2, 0.25) is 0 Å². The van der Waals surface area contributed by atoms with Crippen molar-refractivity contribution in [3.8, 4) is 0 Å². The molecule has 0 bridgehead atoms. The second-order valence-electron chi connectivity index (χ2n) is 6.21. The molecule has 0 atom stereocenters. The predicted octanol–water partition coefficient (Wildman–Crippen LogP) is 1.52. The summed E-state index contributed by atoms with van der Waals surface area (Å²) in [7, 11) is -3.49. The molecule has 12 heteroatoms. The highest BCUT2D eigenvalue weighted by atomic mass is 32.2. The predicted molar refractivity (Wildman–Crippen MR) is 98.6 cm³/mol. The Morgan fingerprint density at radius 1 is 1.25 bits per heavy atom. The summed E-state index contributed by atoms with van der Waals surface area (Å²) in [4.78, 5) is 12.5. The van der Waals surface area contributed by atoms with Crippen LogP contribution in [0.1, 0.15) is 18.7 Å². The van der Waals surface area contributed by atoms with Gasteiger partial charge in [-0.05, 0) is 24.3 Å². The van der Waals surface area contributed by atoms with Crippen LogP contribution in [-0.2, 0) is 24.3 Å². The lowest BCUT2D eigenvalue weighted by Crippen LogP contribution is -2.41. The zero-order valence-corrected chi connectivity index (χ0v) is 16.4. The van der Waals surface area contributed by atoms with E-state index < -0.39 is 10.0 Å². The van der Waals surface area contributed by atoms with Gasteiger partial charge in [0.05, 0.1) is 0 Å². The Bertz CT molecular complexity index is 961. The summed E-state index contributed by atoms with van der Waals surface area (Å²) in [5, 5.41) is 11.9. The van der Waals surface area contributed by atoms with E-state index in [0.717, 1.165) is 0 Å². The van der Waals surface area contributed by atoms with Gasteiger partial charge >= 0.3 is 6.01 Å². The molecule has 0 saturated carbocycles. The van der Waals surface area contributed by atoms with Crippen LogP contribution in [0.3, 0.4) is 0 Å². The number of carbonyl (C=O) groups is 1. The molecule has 0 spiro atoms. The molecule has 4 heterocycles. The van der Waals surface area contributed by atoms with E-state index in [2.05, 4.69) is 15.5 Å². The standard InChI is InChI=1S/C16H18N4O6S2/c21-14(17-16-19-18-15(26-16)12-10-24-7-8-25-12)11-3-5-20(6-4-11)28(22,23)13-2-1-9-27-13/h1-2,9-11H,3-8H2,(H,17,19,21). The molecule has 1 saturated heterocycles. The number of piperidine rings is 1. The zero-order valence-electron chi connectivity index (χ0n) is 14.7. The minimum absolute atomic E-state index is 0.0382. The fourth-order valence-electron chi connectivity index (χ4n) is 2.96. The van der Waals surface area contributed by atoms with Gasteiger partial charge in [-0.3, -0.25) is 10.1 Å². The van der Waals surface area contributed by atoms with Crippen molar-refractivity contribution in [3.63, 3.8) is 0 Å². The van der Waals surface area contributed by atoms with Crippen molar-refractivity contribution in [2.24, 2.45) is 5.92 Å². The zero-order chi connectivity index (χ0) is 19.6. The highest BCUT2D eigenvalue weighted by Gasteiger charge is 2.33. The number of thiophene rings is 1. The SMILES string of the molecule is O=C(Nc1nnc(C2=COCCO2)o1)C1CCN(S(=O)(=O)c2cccs2)CC1. The third-order valence-corrected chi connectivity index (χ3v) is 7.70. The highest BCUT2D eigenvalue weighted by molar-refractivity contribution is 7.91. The molecule has 1 N–H and O–H groups in total. The summed E-state index contributed by atoms with van der Waals surface area (Å²) in [6.07, 6.45) is 2.21. The molecular weight excluding hydrogens is 408 g/mol. The van der Waals surface area contributed by atoms with E-state index in [4.69, 9.17) is 13.9 Å². The summed E-state index contributed by atoms with van der Waals surface area (Å²) >= 11 is 1.19. The molecule has 2 aromatic heterocycles. The Hall–Kier alpha value is -2.44. The fourth-order valence-corrected chi connectivity index (χ4v) is 5.57. The van der Waals surface area contributed by atoms with Crippen LogP contribution in [-0.4, -0.2) is 55.1 Å². The molecule has 4 rings (SSSR count). The first-order valence-corrected chi connectivity index (χ1v) is 11.0. The fraction of sp³-hybridized carbons (Fsp3) is 0.438. The summed E-state index contributed by atoms with van der Waals surface area (Å²) in [6, 6.07) is 3.25. The number of nitrogens with zero attached hydrogens (tertiary/aromatic N) is 3. The Morgan fingerprint density at radius 2 is 2.07 bits per heavy atom. The van der Waals surface area contributed by atoms with E-state index in [1.54, 1.807) is 17.5 Å². The van der Waals surface area contributed by atoms with Gasteiger partial charge in [0.15, 0.2) is 0 Å². The molecule has 0 unspecified atom stereocenters. The van der Waals surface area contributed by atoms with Crippen molar-refractivity contribution in [3.05, 3.63) is 29.7 Å². The maximum absolute atomic E-state index is 12.5. The normalized spacial score (nSPS) is 18.8. The van der Waals surface area contributed by atoms with E-state index in [0.29, 0.717) is 36.0 Å². The third-order valence-electron chi connectivity index (χ3n) is 4.43. The second-order valence-corrected chi connectivity index (χ2v) is 9.33. The van der Waals surface area contributed by atoms with Crippen molar-refractivity contribution in [1.29, 1.82) is 0 Å². The molecule has 10 nitrogen and oxygen atoms in total. The highest BCUT2D eigenvalue weighted by Crippen LogP contribution is 2.27. The number of anilines is 1. The van der Waals surface area contributed by atoms with Crippen LogP contribution in [0.4, 0.5) is 6.01 Å². The third kappa shape index (κ3) is 3.88. The number of hydrogen-bond donors (Lipinski definition) is 1. The molecule has 0 radical (unpaired) electrons. The maximum atomic E-state index is 12.5. The number of hydrogen-bond acceptors (Lipinski definition) is 9. The maximum Gasteiger partial charge on any atom is 0.322 e. The van der Waals surface area contributed by atoms with Crippen molar-refractivity contribution in [2.45, 2.75) is 17.1 Å². The minimum Gasteiger partial charge on any atom is -0.494 e. The summed E-state index contributed by atoms with van der Waals surface area (Å²) in [6.45, 7) is 1.39. The molecule has 2 aliphatic heterocycles. The van der Waals surface area contributed by atoms with Crippen molar-refractivity contribution in [2.75, 3.05) is 31.6 Å². The average molecular weight is 426 g/mol. The lowest BCUT2D eigenvalue weighted by atomic mass is 9.97. The number of ether oxygens (including phenoxy) is 2. The van der Waals surface area contributed by atoms with Crippen molar-refractivity contribution < 1.29 is 27.1 Å². The van der Waals surface area contributed by atoms with Gasteiger partial charge in [-0.1, -0.05) is 11.2 Å². The monoisotopic (exact) mass is 426 g/mol. The van der Waals surface area contributed by atoms with E-state index in [1.807, 2.05) is 0 Å². The smallest absolute Gasteiger partial charge is 0.322 e. The van der Waals surface area contributed by atoms with Crippen LogP contribution in [0.25, 0.3) is 5.76 Å². The molecule has 28 heavy (non-hydrogen) atoms. The van der Waals surface area contributed by atoms with Crippen LogP contribution < -0.4 is 5.32 Å². The Morgan fingerprint density at radius 3 is 2.75 bits per heavy atom. The molecule has 1 amide bonds. The van der Waals surface area contributed by atoms with Crippen LogP contribution in [0.5, 0.6) is 0 Å². The van der Waals surface area contributed by atoms with Gasteiger partial charge in [0.2, 0.25) is 11.7 Å². The molecule has 2 aromatic rings.